The summed E-state index contributed by atoms with van der Waals surface area (Å²) in [5.74, 6) is 0.718. The topological polar surface area (TPSA) is 84.0 Å². The standard InChI is InChI=1S/C15H18N4O2S/c1-22(20,21)10-14-3-2-13(9-17-14)19-15-6-12-7-16-5-4-11(12)8-18-15/h2-3,6,8-9,16H,4-5,7,10H2,1H3,(H,18,19). The van der Waals surface area contributed by atoms with Crippen LogP contribution in [0.5, 0.6) is 0 Å². The van der Waals surface area contributed by atoms with E-state index in [4.69, 9.17) is 0 Å². The lowest BCUT2D eigenvalue weighted by Gasteiger charge is -2.17. The Morgan fingerprint density at radius 1 is 1.23 bits per heavy atom. The number of nitrogens with zero attached hydrogens (tertiary/aromatic N) is 2. The molecule has 2 aromatic heterocycles. The maximum absolute atomic E-state index is 11.2. The van der Waals surface area contributed by atoms with E-state index in [1.807, 2.05) is 18.3 Å². The van der Waals surface area contributed by atoms with E-state index in [-0.39, 0.29) is 5.75 Å². The van der Waals surface area contributed by atoms with Crippen LogP contribution in [0.3, 0.4) is 0 Å². The molecule has 0 amide bonds. The molecule has 2 N–H and O–H groups in total. The quantitative estimate of drug-likeness (QED) is 0.887. The number of anilines is 2. The molecule has 0 radical (unpaired) electrons. The van der Waals surface area contributed by atoms with Gasteiger partial charge in [-0.25, -0.2) is 13.4 Å². The molecule has 1 aliphatic heterocycles. The van der Waals surface area contributed by atoms with Crippen LogP contribution >= 0.6 is 0 Å². The number of sulfone groups is 1. The lowest BCUT2D eigenvalue weighted by molar-refractivity contribution is 0.600. The van der Waals surface area contributed by atoms with Gasteiger partial charge in [0.15, 0.2) is 9.84 Å². The third-order valence-electron chi connectivity index (χ3n) is 3.48. The molecule has 0 saturated heterocycles. The zero-order valence-corrected chi connectivity index (χ0v) is 13.2. The van der Waals surface area contributed by atoms with Crippen LogP contribution in [0.15, 0.2) is 30.6 Å². The van der Waals surface area contributed by atoms with Gasteiger partial charge in [0.2, 0.25) is 0 Å². The van der Waals surface area contributed by atoms with Gasteiger partial charge in [-0.2, -0.15) is 0 Å². The van der Waals surface area contributed by atoms with E-state index < -0.39 is 9.84 Å². The first-order valence-electron chi connectivity index (χ1n) is 7.08. The molecule has 6 nitrogen and oxygen atoms in total. The molecule has 0 saturated carbocycles. The molecule has 3 rings (SSSR count). The Bertz CT molecular complexity index is 773. The van der Waals surface area contributed by atoms with E-state index in [1.165, 1.54) is 17.4 Å². The van der Waals surface area contributed by atoms with Gasteiger partial charge in [0.05, 0.1) is 23.3 Å². The lowest BCUT2D eigenvalue weighted by Crippen LogP contribution is -2.23. The highest BCUT2D eigenvalue weighted by Crippen LogP contribution is 2.19. The molecular weight excluding hydrogens is 300 g/mol. The van der Waals surface area contributed by atoms with Crippen molar-refractivity contribution in [3.8, 4) is 0 Å². The first-order valence-corrected chi connectivity index (χ1v) is 9.14. The second-order valence-electron chi connectivity index (χ2n) is 5.50. The summed E-state index contributed by atoms with van der Waals surface area (Å²) in [5, 5.41) is 6.53. The Kier molecular flexibility index (Phi) is 4.08. The molecule has 2 aromatic rings. The minimum Gasteiger partial charge on any atom is -0.339 e. The number of fused-ring (bicyclic) bond motifs is 1. The van der Waals surface area contributed by atoms with E-state index in [1.54, 1.807) is 12.3 Å². The molecule has 0 aliphatic carbocycles. The van der Waals surface area contributed by atoms with Crippen molar-refractivity contribution in [2.45, 2.75) is 18.7 Å². The van der Waals surface area contributed by atoms with E-state index in [0.29, 0.717) is 5.69 Å². The summed E-state index contributed by atoms with van der Waals surface area (Å²) in [4.78, 5) is 8.57. The van der Waals surface area contributed by atoms with Crippen molar-refractivity contribution in [3.63, 3.8) is 0 Å². The van der Waals surface area contributed by atoms with Crippen LogP contribution in [0.25, 0.3) is 0 Å². The van der Waals surface area contributed by atoms with Crippen LogP contribution in [0, 0.1) is 0 Å². The molecule has 0 spiro atoms. The molecule has 116 valence electrons. The predicted octanol–water partition coefficient (Wildman–Crippen LogP) is 1.41. The molecule has 0 atom stereocenters. The minimum atomic E-state index is -3.06. The number of hydrogen-bond acceptors (Lipinski definition) is 6. The highest BCUT2D eigenvalue weighted by molar-refractivity contribution is 7.89. The van der Waals surface area contributed by atoms with Crippen molar-refractivity contribution in [1.82, 2.24) is 15.3 Å². The zero-order valence-electron chi connectivity index (χ0n) is 12.3. The van der Waals surface area contributed by atoms with Gasteiger partial charge in [-0.3, -0.25) is 4.98 Å². The average Bonchev–Trinajstić information content (AvgIpc) is 2.48. The number of rotatable bonds is 4. The molecule has 0 bridgehead atoms. The third-order valence-corrected chi connectivity index (χ3v) is 4.30. The summed E-state index contributed by atoms with van der Waals surface area (Å²) in [6, 6.07) is 5.56. The zero-order chi connectivity index (χ0) is 15.6. The first-order chi connectivity index (χ1) is 10.5. The Hall–Kier alpha value is -1.99. The van der Waals surface area contributed by atoms with Gasteiger partial charge < -0.3 is 10.6 Å². The van der Waals surface area contributed by atoms with Gasteiger partial charge in [0, 0.05) is 19.0 Å². The fraction of sp³-hybridized carbons (Fsp3) is 0.333. The van der Waals surface area contributed by atoms with E-state index >= 15 is 0 Å². The Labute approximate surface area is 129 Å². The maximum atomic E-state index is 11.2. The van der Waals surface area contributed by atoms with Crippen LogP contribution < -0.4 is 10.6 Å². The van der Waals surface area contributed by atoms with Crippen molar-refractivity contribution in [1.29, 1.82) is 0 Å². The summed E-state index contributed by atoms with van der Waals surface area (Å²) in [6.45, 7) is 1.85. The maximum Gasteiger partial charge on any atom is 0.153 e. The molecule has 0 fully saturated rings. The molecular formula is C15H18N4O2S. The third kappa shape index (κ3) is 3.80. The molecule has 1 aliphatic rings. The van der Waals surface area contributed by atoms with Gasteiger partial charge >= 0.3 is 0 Å². The average molecular weight is 318 g/mol. The largest absolute Gasteiger partial charge is 0.339 e. The molecule has 3 heterocycles. The second-order valence-corrected chi connectivity index (χ2v) is 7.64. The monoisotopic (exact) mass is 318 g/mol. The van der Waals surface area contributed by atoms with Gasteiger partial charge in [-0.05, 0) is 42.3 Å². The number of aromatic nitrogens is 2. The van der Waals surface area contributed by atoms with E-state index in [9.17, 15) is 8.42 Å². The van der Waals surface area contributed by atoms with Crippen LogP contribution in [0.4, 0.5) is 11.5 Å². The SMILES string of the molecule is CS(=O)(=O)Cc1ccc(Nc2cc3c(cn2)CCNC3)cn1. The van der Waals surface area contributed by atoms with Gasteiger partial charge in [-0.1, -0.05) is 0 Å². The van der Waals surface area contributed by atoms with E-state index in [0.717, 1.165) is 31.0 Å². The Morgan fingerprint density at radius 2 is 2.09 bits per heavy atom. The molecule has 0 aromatic carbocycles. The smallest absolute Gasteiger partial charge is 0.153 e. The van der Waals surface area contributed by atoms with Gasteiger partial charge in [0.25, 0.3) is 0 Å². The number of nitrogens with one attached hydrogen (secondary N) is 2. The summed E-state index contributed by atoms with van der Waals surface area (Å²) >= 11 is 0. The molecule has 22 heavy (non-hydrogen) atoms. The Morgan fingerprint density at radius 3 is 2.82 bits per heavy atom. The van der Waals surface area contributed by atoms with E-state index in [2.05, 4.69) is 20.6 Å². The Balaban J connectivity index is 1.73. The van der Waals surface area contributed by atoms with Crippen molar-refractivity contribution >= 4 is 21.3 Å². The summed E-state index contributed by atoms with van der Waals surface area (Å²) in [7, 11) is -3.06. The summed E-state index contributed by atoms with van der Waals surface area (Å²) in [6.07, 6.45) is 5.74. The second kappa shape index (κ2) is 6.02. The highest BCUT2D eigenvalue weighted by Gasteiger charge is 2.10. The van der Waals surface area contributed by atoms with Crippen molar-refractivity contribution < 1.29 is 8.42 Å². The van der Waals surface area contributed by atoms with Crippen LogP contribution in [0.1, 0.15) is 16.8 Å². The molecule has 7 heteroatoms. The summed E-state index contributed by atoms with van der Waals surface area (Å²) in [5.41, 5.74) is 3.86. The van der Waals surface area contributed by atoms with Crippen molar-refractivity contribution in [3.05, 3.63) is 47.4 Å². The van der Waals surface area contributed by atoms with Crippen LogP contribution in [-0.2, 0) is 28.6 Å². The lowest BCUT2D eigenvalue weighted by atomic mass is 10.0. The van der Waals surface area contributed by atoms with Crippen molar-refractivity contribution in [2.24, 2.45) is 0 Å². The molecule has 0 unspecified atom stereocenters. The van der Waals surface area contributed by atoms with Crippen LogP contribution in [0.2, 0.25) is 0 Å². The van der Waals surface area contributed by atoms with Gasteiger partial charge in [-0.15, -0.1) is 0 Å². The van der Waals surface area contributed by atoms with Crippen molar-refractivity contribution in [2.75, 3.05) is 18.1 Å². The first kappa shape index (κ1) is 14.9. The number of hydrogen-bond donors (Lipinski definition) is 2. The van der Waals surface area contributed by atoms with Gasteiger partial charge in [0.1, 0.15) is 5.82 Å². The normalized spacial score (nSPS) is 14.4. The highest BCUT2D eigenvalue weighted by atomic mass is 32.2. The fourth-order valence-electron chi connectivity index (χ4n) is 2.43. The fourth-order valence-corrected chi connectivity index (χ4v) is 3.14. The summed E-state index contributed by atoms with van der Waals surface area (Å²) < 4.78 is 22.5. The predicted molar refractivity (Wildman–Crippen MR) is 85.7 cm³/mol. The minimum absolute atomic E-state index is 0.0456. The van der Waals surface area contributed by atoms with Crippen LogP contribution in [-0.4, -0.2) is 31.2 Å². The number of pyridine rings is 2.